The van der Waals surface area contributed by atoms with Gasteiger partial charge in [0.25, 0.3) is 0 Å². The third kappa shape index (κ3) is 4.23. The fourth-order valence-electron chi connectivity index (χ4n) is 0.962. The summed E-state index contributed by atoms with van der Waals surface area (Å²) in [5.41, 5.74) is 2.42. The van der Waals surface area contributed by atoms with Gasteiger partial charge in [0.2, 0.25) is 5.91 Å². The number of hydrogen-bond acceptors (Lipinski definition) is 6. The second-order valence-electron chi connectivity index (χ2n) is 2.84. The summed E-state index contributed by atoms with van der Waals surface area (Å²) >= 11 is 0. The molecule has 0 saturated heterocycles. The van der Waals surface area contributed by atoms with Crippen LogP contribution in [0.15, 0.2) is 12.4 Å². The fourth-order valence-corrected chi connectivity index (χ4v) is 0.962. The lowest BCUT2D eigenvalue weighted by Crippen LogP contribution is -2.26. The van der Waals surface area contributed by atoms with Crippen molar-refractivity contribution in [2.75, 3.05) is 23.8 Å². The van der Waals surface area contributed by atoms with E-state index in [0.717, 1.165) is 0 Å². The topological polar surface area (TPSA) is 105 Å². The van der Waals surface area contributed by atoms with Crippen LogP contribution in [-0.2, 0) is 4.79 Å². The maximum atomic E-state index is 10.6. The lowest BCUT2D eigenvalue weighted by molar-refractivity contribution is -0.118. The first-order chi connectivity index (χ1) is 7.22. The van der Waals surface area contributed by atoms with Crippen LogP contribution < -0.4 is 21.9 Å². The van der Waals surface area contributed by atoms with Gasteiger partial charge in [-0.15, -0.1) is 0 Å². The van der Waals surface area contributed by atoms with Gasteiger partial charge in [-0.2, -0.15) is 0 Å². The van der Waals surface area contributed by atoms with E-state index in [2.05, 4.69) is 26.0 Å². The van der Waals surface area contributed by atoms with Crippen LogP contribution in [0.4, 0.5) is 11.6 Å². The van der Waals surface area contributed by atoms with Crippen molar-refractivity contribution in [2.45, 2.75) is 6.92 Å². The Hall–Kier alpha value is -1.89. The zero-order valence-corrected chi connectivity index (χ0v) is 8.45. The van der Waals surface area contributed by atoms with E-state index < -0.39 is 0 Å². The molecule has 0 bridgehead atoms. The van der Waals surface area contributed by atoms with Gasteiger partial charge in [0, 0.05) is 26.1 Å². The number of aromatic nitrogens is 2. The molecule has 0 atom stereocenters. The Balaban J connectivity index is 2.33. The molecule has 1 amide bonds. The van der Waals surface area contributed by atoms with E-state index in [-0.39, 0.29) is 5.91 Å². The molecule has 0 aliphatic carbocycles. The molecule has 1 rings (SSSR count). The summed E-state index contributed by atoms with van der Waals surface area (Å²) in [6, 6.07) is 1.67. The first-order valence-electron chi connectivity index (χ1n) is 4.49. The Morgan fingerprint density at radius 1 is 1.40 bits per heavy atom. The van der Waals surface area contributed by atoms with Crippen LogP contribution in [0.5, 0.6) is 0 Å². The Morgan fingerprint density at radius 3 is 2.80 bits per heavy atom. The number of nitrogens with two attached hydrogens (primary N) is 1. The van der Waals surface area contributed by atoms with Crippen LogP contribution in [-0.4, -0.2) is 29.0 Å². The first kappa shape index (κ1) is 11.2. The number of anilines is 2. The van der Waals surface area contributed by atoms with Crippen LogP contribution >= 0.6 is 0 Å². The van der Waals surface area contributed by atoms with Crippen molar-refractivity contribution in [3.05, 3.63) is 12.4 Å². The molecule has 1 heterocycles. The molecular formula is C8H14N6O. The molecular weight excluding hydrogens is 196 g/mol. The first-order valence-corrected chi connectivity index (χ1v) is 4.49. The molecule has 82 valence electrons. The summed E-state index contributed by atoms with van der Waals surface area (Å²) in [4.78, 5) is 18.4. The van der Waals surface area contributed by atoms with Crippen molar-refractivity contribution in [3.8, 4) is 0 Å². The standard InChI is InChI=1S/C8H14N6O/c1-6(15)10-2-3-11-7-4-8(14-9)13-5-12-7/h4-5H,2-3,9H2,1H3,(H,10,15)(H2,11,12,13,14). The van der Waals surface area contributed by atoms with E-state index >= 15 is 0 Å². The van der Waals surface area contributed by atoms with Crippen LogP contribution in [0, 0.1) is 0 Å². The van der Waals surface area contributed by atoms with Crippen LogP contribution in [0.25, 0.3) is 0 Å². The van der Waals surface area contributed by atoms with Gasteiger partial charge in [-0.25, -0.2) is 15.8 Å². The van der Waals surface area contributed by atoms with Gasteiger partial charge >= 0.3 is 0 Å². The van der Waals surface area contributed by atoms with Gasteiger partial charge < -0.3 is 16.1 Å². The van der Waals surface area contributed by atoms with Crippen molar-refractivity contribution in [3.63, 3.8) is 0 Å². The zero-order chi connectivity index (χ0) is 11.1. The third-order valence-corrected chi connectivity index (χ3v) is 1.62. The Morgan fingerprint density at radius 2 is 2.13 bits per heavy atom. The molecule has 0 radical (unpaired) electrons. The smallest absolute Gasteiger partial charge is 0.216 e. The van der Waals surface area contributed by atoms with Crippen LogP contribution in [0.1, 0.15) is 6.92 Å². The Labute approximate surface area is 87.5 Å². The average molecular weight is 210 g/mol. The maximum Gasteiger partial charge on any atom is 0.216 e. The molecule has 7 nitrogen and oxygen atoms in total. The summed E-state index contributed by atoms with van der Waals surface area (Å²) in [6.45, 7) is 2.62. The monoisotopic (exact) mass is 210 g/mol. The number of nitrogens with one attached hydrogen (secondary N) is 3. The molecule has 1 aromatic heterocycles. The lowest BCUT2D eigenvalue weighted by atomic mass is 10.5. The van der Waals surface area contributed by atoms with E-state index in [0.29, 0.717) is 24.7 Å². The second-order valence-corrected chi connectivity index (χ2v) is 2.84. The number of hydrogen-bond donors (Lipinski definition) is 4. The predicted molar refractivity (Wildman–Crippen MR) is 57.0 cm³/mol. The number of hydrazine groups is 1. The summed E-state index contributed by atoms with van der Waals surface area (Å²) in [5.74, 6) is 6.33. The maximum absolute atomic E-state index is 10.6. The van der Waals surface area contributed by atoms with E-state index in [1.807, 2.05) is 0 Å². The van der Waals surface area contributed by atoms with Crippen molar-refractivity contribution >= 4 is 17.5 Å². The molecule has 0 spiro atoms. The van der Waals surface area contributed by atoms with Crippen LogP contribution in [0.2, 0.25) is 0 Å². The lowest BCUT2D eigenvalue weighted by Gasteiger charge is -2.06. The van der Waals surface area contributed by atoms with Crippen LogP contribution in [0.3, 0.4) is 0 Å². The van der Waals surface area contributed by atoms with Crippen molar-refractivity contribution in [1.82, 2.24) is 15.3 Å². The predicted octanol–water partition coefficient (Wildman–Crippen LogP) is -0.690. The third-order valence-electron chi connectivity index (χ3n) is 1.62. The number of nitrogens with zero attached hydrogens (tertiary/aromatic N) is 2. The number of nitrogen functional groups attached to an aromatic ring is 1. The summed E-state index contributed by atoms with van der Waals surface area (Å²) < 4.78 is 0. The van der Waals surface area contributed by atoms with E-state index in [4.69, 9.17) is 5.84 Å². The molecule has 0 saturated carbocycles. The summed E-state index contributed by atoms with van der Waals surface area (Å²) in [6.07, 6.45) is 1.40. The minimum absolute atomic E-state index is 0.0520. The minimum atomic E-state index is -0.0520. The average Bonchev–Trinajstić information content (AvgIpc) is 2.24. The highest BCUT2D eigenvalue weighted by Crippen LogP contribution is 2.05. The van der Waals surface area contributed by atoms with Gasteiger partial charge in [0.15, 0.2) is 0 Å². The molecule has 0 aliphatic heterocycles. The molecule has 0 aliphatic rings. The van der Waals surface area contributed by atoms with Gasteiger partial charge in [-0.05, 0) is 0 Å². The summed E-state index contributed by atoms with van der Waals surface area (Å²) in [5, 5.41) is 5.67. The Bertz CT molecular complexity index is 329. The molecule has 0 aromatic carbocycles. The largest absolute Gasteiger partial charge is 0.368 e. The molecule has 15 heavy (non-hydrogen) atoms. The number of rotatable bonds is 5. The fraction of sp³-hybridized carbons (Fsp3) is 0.375. The van der Waals surface area contributed by atoms with Gasteiger partial charge in [0.1, 0.15) is 18.0 Å². The number of carbonyl (C=O) groups excluding carboxylic acids is 1. The SMILES string of the molecule is CC(=O)NCCNc1cc(NN)ncn1. The van der Waals surface area contributed by atoms with E-state index in [9.17, 15) is 4.79 Å². The highest BCUT2D eigenvalue weighted by molar-refractivity contribution is 5.72. The molecule has 0 unspecified atom stereocenters. The van der Waals surface area contributed by atoms with Crippen molar-refractivity contribution < 1.29 is 4.79 Å². The molecule has 0 fully saturated rings. The van der Waals surface area contributed by atoms with Crippen molar-refractivity contribution in [2.24, 2.45) is 5.84 Å². The molecule has 1 aromatic rings. The van der Waals surface area contributed by atoms with Crippen molar-refractivity contribution in [1.29, 1.82) is 0 Å². The highest BCUT2D eigenvalue weighted by atomic mass is 16.1. The number of carbonyl (C=O) groups is 1. The molecule has 7 heteroatoms. The van der Waals surface area contributed by atoms with Gasteiger partial charge in [0.05, 0.1) is 0 Å². The number of amides is 1. The van der Waals surface area contributed by atoms with Gasteiger partial charge in [-0.1, -0.05) is 0 Å². The quantitative estimate of drug-likeness (QED) is 0.291. The van der Waals surface area contributed by atoms with E-state index in [1.165, 1.54) is 13.3 Å². The van der Waals surface area contributed by atoms with Gasteiger partial charge in [-0.3, -0.25) is 4.79 Å². The summed E-state index contributed by atoms with van der Waals surface area (Å²) in [7, 11) is 0. The second kappa shape index (κ2) is 5.76. The van der Waals surface area contributed by atoms with E-state index in [1.54, 1.807) is 6.07 Å². The minimum Gasteiger partial charge on any atom is -0.368 e. The normalized spacial score (nSPS) is 9.47. The zero-order valence-electron chi connectivity index (χ0n) is 8.45. The highest BCUT2D eigenvalue weighted by Gasteiger charge is 1.96. The Kier molecular flexibility index (Phi) is 4.30. The molecule has 5 N–H and O–H groups in total.